The first-order chi connectivity index (χ1) is 15.0. The third-order valence-electron chi connectivity index (χ3n) is 6.37. The lowest BCUT2D eigenvalue weighted by Gasteiger charge is -2.46. The Morgan fingerprint density at radius 1 is 1.19 bits per heavy atom. The molecular weight excluding hydrogens is 424 g/mol. The number of phenolic OH excluding ortho intramolecular Hbond substituents is 1. The number of aliphatic hydroxyl groups is 3. The summed E-state index contributed by atoms with van der Waals surface area (Å²) in [5.41, 5.74) is 1.87. The predicted molar refractivity (Wildman–Crippen MR) is 107 cm³/mol. The lowest BCUT2D eigenvalue weighted by Crippen LogP contribution is -2.58. The normalized spacial score (nSPS) is 26.8. The molecule has 1 aromatic rings. The van der Waals surface area contributed by atoms with E-state index in [-0.39, 0.29) is 35.4 Å². The topological polar surface area (TPSA) is 196 Å². The van der Waals surface area contributed by atoms with Gasteiger partial charge in [0.05, 0.1) is 12.7 Å². The summed E-state index contributed by atoms with van der Waals surface area (Å²) < 4.78 is 4.58. The number of Topliss-reactive ketones (excluding diaryl/α,β-unsaturated/α-hetero) is 2. The highest BCUT2D eigenvalue weighted by molar-refractivity contribution is 6.22. The SMILES string of the molecule is COC(=O)Nc1ccc(O)c2c1CC1CC3CC(=O)C(C(N)=O)=C(O)[C@@]3(O)C(=O)C1=C2O. The van der Waals surface area contributed by atoms with Crippen LogP contribution in [0.1, 0.15) is 24.0 Å². The number of aliphatic hydroxyl groups excluding tert-OH is 2. The Hall–Kier alpha value is -3.86. The van der Waals surface area contributed by atoms with Crippen LogP contribution in [0.4, 0.5) is 10.5 Å². The molecule has 11 nitrogen and oxygen atoms in total. The summed E-state index contributed by atoms with van der Waals surface area (Å²) in [4.78, 5) is 49.0. The molecule has 11 heteroatoms. The molecule has 32 heavy (non-hydrogen) atoms. The highest BCUT2D eigenvalue weighted by Crippen LogP contribution is 2.52. The Balaban J connectivity index is 1.90. The molecule has 0 bridgehead atoms. The fourth-order valence-electron chi connectivity index (χ4n) is 4.90. The number of carbonyl (C=O) groups is 4. The number of fused-ring (bicyclic) bond motifs is 3. The summed E-state index contributed by atoms with van der Waals surface area (Å²) in [5.74, 6) is -7.07. The zero-order chi connectivity index (χ0) is 23.5. The van der Waals surface area contributed by atoms with Crippen molar-refractivity contribution in [2.75, 3.05) is 12.4 Å². The summed E-state index contributed by atoms with van der Waals surface area (Å²) in [6, 6.07) is 2.61. The number of anilines is 1. The maximum atomic E-state index is 13.3. The van der Waals surface area contributed by atoms with Crippen molar-refractivity contribution in [3.05, 3.63) is 40.2 Å². The first-order valence-corrected chi connectivity index (χ1v) is 9.69. The van der Waals surface area contributed by atoms with E-state index in [0.29, 0.717) is 5.56 Å². The molecule has 0 spiro atoms. The number of amides is 2. The molecule has 1 aromatic carbocycles. The van der Waals surface area contributed by atoms with Gasteiger partial charge in [0, 0.05) is 23.6 Å². The van der Waals surface area contributed by atoms with Crippen molar-refractivity contribution in [3.8, 4) is 5.75 Å². The summed E-state index contributed by atoms with van der Waals surface area (Å²) in [6.07, 6.45) is -1.12. The molecule has 0 aromatic heterocycles. The van der Waals surface area contributed by atoms with Gasteiger partial charge >= 0.3 is 6.09 Å². The Labute approximate surface area is 180 Å². The molecule has 0 heterocycles. The molecule has 2 unspecified atom stereocenters. The molecule has 4 rings (SSSR count). The lowest BCUT2D eigenvalue weighted by molar-refractivity contribution is -0.147. The van der Waals surface area contributed by atoms with E-state index in [1.54, 1.807) is 0 Å². The minimum absolute atomic E-state index is 0.00373. The summed E-state index contributed by atoms with van der Waals surface area (Å²) in [6.45, 7) is 0. The zero-order valence-electron chi connectivity index (χ0n) is 16.8. The van der Waals surface area contributed by atoms with E-state index in [9.17, 15) is 39.6 Å². The maximum absolute atomic E-state index is 13.3. The van der Waals surface area contributed by atoms with Crippen molar-refractivity contribution in [1.29, 1.82) is 0 Å². The van der Waals surface area contributed by atoms with Crippen molar-refractivity contribution in [3.63, 3.8) is 0 Å². The first kappa shape index (κ1) is 21.4. The summed E-state index contributed by atoms with van der Waals surface area (Å²) in [7, 11) is 1.17. The Kier molecular flexibility index (Phi) is 4.74. The molecule has 1 saturated carbocycles. The Bertz CT molecular complexity index is 1170. The lowest BCUT2D eigenvalue weighted by atomic mass is 9.59. The van der Waals surface area contributed by atoms with Crippen molar-refractivity contribution in [1.82, 2.24) is 0 Å². The molecule has 7 N–H and O–H groups in total. The number of aromatic hydroxyl groups is 1. The van der Waals surface area contributed by atoms with Gasteiger partial charge in [-0.15, -0.1) is 0 Å². The number of hydrogen-bond acceptors (Lipinski definition) is 9. The number of hydrogen-bond donors (Lipinski definition) is 6. The van der Waals surface area contributed by atoms with E-state index < -0.39 is 64.5 Å². The van der Waals surface area contributed by atoms with Crippen molar-refractivity contribution in [2.24, 2.45) is 17.6 Å². The van der Waals surface area contributed by atoms with Crippen LogP contribution in [0, 0.1) is 11.8 Å². The standard InChI is InChI=1S/C21H20N2O9/c1-32-20(30)23-10-2-3-11(24)14-9(10)5-7-4-8-6-12(25)15(19(22)29)18(28)21(8,31)17(27)13(7)16(14)26/h2-3,7-8,24,26,28,31H,4-6H2,1H3,(H2,22,29)(H,23,30)/t7?,8?,21-/m0/s1. The minimum Gasteiger partial charge on any atom is -0.508 e. The van der Waals surface area contributed by atoms with Crippen LogP contribution in [-0.2, 0) is 25.5 Å². The van der Waals surface area contributed by atoms with Crippen LogP contribution in [0.2, 0.25) is 0 Å². The molecule has 3 aliphatic carbocycles. The smallest absolute Gasteiger partial charge is 0.411 e. The molecule has 168 valence electrons. The fourth-order valence-corrected chi connectivity index (χ4v) is 4.90. The van der Waals surface area contributed by atoms with E-state index in [2.05, 4.69) is 10.1 Å². The van der Waals surface area contributed by atoms with E-state index in [0.717, 1.165) is 0 Å². The van der Waals surface area contributed by atoms with Crippen molar-refractivity contribution >= 4 is 35.0 Å². The van der Waals surface area contributed by atoms with Gasteiger partial charge in [0.2, 0.25) is 5.78 Å². The van der Waals surface area contributed by atoms with Crippen molar-refractivity contribution < 1.29 is 44.3 Å². The largest absolute Gasteiger partial charge is 0.508 e. The molecule has 1 fully saturated rings. The van der Waals surface area contributed by atoms with E-state index >= 15 is 0 Å². The van der Waals surface area contributed by atoms with Crippen LogP contribution >= 0.6 is 0 Å². The van der Waals surface area contributed by atoms with Crippen LogP contribution in [0.15, 0.2) is 29.0 Å². The van der Waals surface area contributed by atoms with Crippen LogP contribution < -0.4 is 11.1 Å². The summed E-state index contributed by atoms with van der Waals surface area (Å²) in [5, 5.41) is 45.4. The minimum atomic E-state index is -2.62. The number of rotatable bonds is 2. The molecule has 0 saturated heterocycles. The average Bonchev–Trinajstić information content (AvgIpc) is 2.72. The number of carbonyl (C=O) groups excluding carboxylic acids is 4. The number of ether oxygens (including phenoxy) is 1. The number of phenols is 1. The first-order valence-electron chi connectivity index (χ1n) is 9.69. The maximum Gasteiger partial charge on any atom is 0.411 e. The quantitative estimate of drug-likeness (QED) is 0.279. The predicted octanol–water partition coefficient (Wildman–Crippen LogP) is 0.602. The fraction of sp³-hybridized carbons (Fsp3) is 0.333. The second kappa shape index (κ2) is 7.09. The second-order valence-corrected chi connectivity index (χ2v) is 8.01. The summed E-state index contributed by atoms with van der Waals surface area (Å²) >= 11 is 0. The third-order valence-corrected chi connectivity index (χ3v) is 6.37. The van der Waals surface area contributed by atoms with Gasteiger partial charge in [-0.25, -0.2) is 4.79 Å². The molecule has 3 aliphatic rings. The van der Waals surface area contributed by atoms with Gasteiger partial charge in [-0.2, -0.15) is 0 Å². The van der Waals surface area contributed by atoms with Crippen LogP contribution in [-0.4, -0.2) is 56.7 Å². The molecule has 3 atom stereocenters. The molecule has 2 amide bonds. The molecular formula is C21H20N2O9. The van der Waals surface area contributed by atoms with E-state index in [4.69, 9.17) is 5.73 Å². The van der Waals surface area contributed by atoms with Crippen LogP contribution in [0.5, 0.6) is 5.75 Å². The third kappa shape index (κ3) is 2.78. The van der Waals surface area contributed by atoms with Crippen LogP contribution in [0.25, 0.3) is 5.76 Å². The number of methoxy groups -OCH3 is 1. The van der Waals surface area contributed by atoms with Gasteiger partial charge in [0.25, 0.3) is 5.91 Å². The van der Waals surface area contributed by atoms with E-state index in [1.807, 2.05) is 0 Å². The number of ketones is 2. The zero-order valence-corrected chi connectivity index (χ0v) is 16.8. The average molecular weight is 444 g/mol. The highest BCUT2D eigenvalue weighted by Gasteiger charge is 2.60. The van der Waals surface area contributed by atoms with Gasteiger partial charge in [0.1, 0.15) is 22.8 Å². The Morgan fingerprint density at radius 3 is 2.50 bits per heavy atom. The number of benzene rings is 1. The van der Waals surface area contributed by atoms with Gasteiger partial charge in [-0.3, -0.25) is 19.7 Å². The molecule has 0 radical (unpaired) electrons. The van der Waals surface area contributed by atoms with Crippen molar-refractivity contribution in [2.45, 2.75) is 24.9 Å². The number of nitrogens with two attached hydrogens (primary N) is 1. The van der Waals surface area contributed by atoms with Gasteiger partial charge in [-0.1, -0.05) is 0 Å². The van der Waals surface area contributed by atoms with E-state index in [1.165, 1.54) is 19.2 Å². The number of primary amides is 1. The van der Waals surface area contributed by atoms with Gasteiger partial charge < -0.3 is 30.9 Å². The molecule has 0 aliphatic heterocycles. The highest BCUT2D eigenvalue weighted by atomic mass is 16.5. The van der Waals surface area contributed by atoms with Gasteiger partial charge in [-0.05, 0) is 36.5 Å². The van der Waals surface area contributed by atoms with Crippen LogP contribution in [0.3, 0.4) is 0 Å². The van der Waals surface area contributed by atoms with Gasteiger partial charge in [0.15, 0.2) is 11.4 Å². The second-order valence-electron chi connectivity index (χ2n) is 8.01. The monoisotopic (exact) mass is 444 g/mol. The number of nitrogens with one attached hydrogen (secondary N) is 1. The Morgan fingerprint density at radius 2 is 1.88 bits per heavy atom.